The second-order valence-electron chi connectivity index (χ2n) is 9.22. The van der Waals surface area contributed by atoms with E-state index in [0.717, 1.165) is 19.2 Å². The minimum atomic E-state index is -5.18. The van der Waals surface area contributed by atoms with Gasteiger partial charge in [0.25, 0.3) is 0 Å². The number of nitrogens with zero attached hydrogens (tertiary/aromatic N) is 1. The molecule has 1 aliphatic heterocycles. The van der Waals surface area contributed by atoms with Gasteiger partial charge in [-0.25, -0.2) is 18.4 Å². The van der Waals surface area contributed by atoms with E-state index in [1.54, 1.807) is 6.07 Å². The van der Waals surface area contributed by atoms with Gasteiger partial charge in [-0.3, -0.25) is 5.10 Å². The molecule has 224 valence electrons. The van der Waals surface area contributed by atoms with Gasteiger partial charge in [-0.1, -0.05) is 11.6 Å². The third-order valence-corrected chi connectivity index (χ3v) is 6.64. The number of halogens is 6. The van der Waals surface area contributed by atoms with Crippen molar-refractivity contribution in [3.05, 3.63) is 68.4 Å². The first-order valence-corrected chi connectivity index (χ1v) is 13.0. The third-order valence-electron chi connectivity index (χ3n) is 6.32. The average Bonchev–Trinajstić information content (AvgIpc) is 3.33. The number of esters is 2. The highest BCUT2D eigenvalue weighted by Crippen LogP contribution is 2.47. The standard InChI is InChI=1S/C27H29ClF5N3O5/c1-14-12-19(36-35-14)40-10-6-4-5-7-11-41-26(38)20-15(2)34-18(13-29)22(25(37)39-3)23(20)21-17(30)9-8-16(28)24(21)27(31,32)33/h8-9,12,23,34H,4-7,10-11,13H2,1-3H3,(H,35,36). The lowest BCUT2D eigenvalue weighted by Gasteiger charge is -2.32. The number of carbonyl (C=O) groups excluding carboxylic acids is 2. The number of alkyl halides is 4. The van der Waals surface area contributed by atoms with Crippen LogP contribution in [0.3, 0.4) is 0 Å². The van der Waals surface area contributed by atoms with Crippen LogP contribution in [-0.2, 0) is 25.2 Å². The number of rotatable bonds is 12. The summed E-state index contributed by atoms with van der Waals surface area (Å²) in [5.41, 5.74) is -3.64. The molecule has 3 rings (SSSR count). The summed E-state index contributed by atoms with van der Waals surface area (Å²) in [6, 6.07) is 3.14. The first-order chi connectivity index (χ1) is 19.4. The van der Waals surface area contributed by atoms with Gasteiger partial charge in [-0.15, -0.1) is 5.10 Å². The van der Waals surface area contributed by atoms with E-state index < -0.39 is 69.5 Å². The van der Waals surface area contributed by atoms with E-state index in [1.165, 1.54) is 6.92 Å². The molecule has 2 N–H and O–H groups in total. The maximum Gasteiger partial charge on any atom is 0.418 e. The van der Waals surface area contributed by atoms with Gasteiger partial charge < -0.3 is 19.5 Å². The fraction of sp³-hybridized carbons (Fsp3) is 0.444. The summed E-state index contributed by atoms with van der Waals surface area (Å²) < 4.78 is 87.0. The predicted octanol–water partition coefficient (Wildman–Crippen LogP) is 6.07. The van der Waals surface area contributed by atoms with E-state index in [2.05, 4.69) is 20.3 Å². The number of hydrogen-bond acceptors (Lipinski definition) is 7. The van der Waals surface area contributed by atoms with Crippen molar-refractivity contribution >= 4 is 23.5 Å². The second-order valence-corrected chi connectivity index (χ2v) is 9.62. The van der Waals surface area contributed by atoms with Crippen LogP contribution in [0.1, 0.15) is 55.3 Å². The van der Waals surface area contributed by atoms with Crippen LogP contribution in [0, 0.1) is 12.7 Å². The number of carbonyl (C=O) groups is 2. The lowest BCUT2D eigenvalue weighted by molar-refractivity contribution is -0.141. The van der Waals surface area contributed by atoms with E-state index in [1.807, 2.05) is 6.92 Å². The Labute approximate surface area is 237 Å². The molecule has 1 unspecified atom stereocenters. The van der Waals surface area contributed by atoms with E-state index in [9.17, 15) is 27.2 Å². The van der Waals surface area contributed by atoms with Gasteiger partial charge >= 0.3 is 18.1 Å². The highest BCUT2D eigenvalue weighted by atomic mass is 35.5. The number of aromatic nitrogens is 2. The second kappa shape index (κ2) is 13.8. The largest absolute Gasteiger partial charge is 0.477 e. The Kier molecular flexibility index (Phi) is 10.8. The van der Waals surface area contributed by atoms with Crippen molar-refractivity contribution in [3.63, 3.8) is 0 Å². The molecule has 2 aromatic rings. The molecule has 8 nitrogen and oxygen atoms in total. The molecule has 0 spiro atoms. The number of ether oxygens (including phenoxy) is 3. The Balaban J connectivity index is 1.81. The summed E-state index contributed by atoms with van der Waals surface area (Å²) >= 11 is 5.84. The van der Waals surface area contributed by atoms with Crippen molar-refractivity contribution in [3.8, 4) is 5.88 Å². The van der Waals surface area contributed by atoms with Crippen LogP contribution in [0.25, 0.3) is 0 Å². The van der Waals surface area contributed by atoms with Crippen molar-refractivity contribution in [2.45, 2.75) is 51.6 Å². The number of methoxy groups -OCH3 is 1. The fourth-order valence-electron chi connectivity index (χ4n) is 4.49. The molecular formula is C27H29ClF5N3O5. The molecule has 0 aliphatic carbocycles. The van der Waals surface area contributed by atoms with Crippen molar-refractivity contribution in [2.24, 2.45) is 0 Å². The van der Waals surface area contributed by atoms with Crippen molar-refractivity contribution < 1.29 is 45.8 Å². The zero-order valence-corrected chi connectivity index (χ0v) is 23.3. The molecule has 1 aromatic carbocycles. The summed E-state index contributed by atoms with van der Waals surface area (Å²) in [5, 5.41) is 8.38. The van der Waals surface area contributed by atoms with Crippen LogP contribution >= 0.6 is 11.6 Å². The molecule has 0 saturated carbocycles. The molecule has 1 aromatic heterocycles. The first-order valence-electron chi connectivity index (χ1n) is 12.6. The zero-order valence-electron chi connectivity index (χ0n) is 22.5. The number of hydrogen-bond donors (Lipinski definition) is 2. The van der Waals surface area contributed by atoms with Gasteiger partial charge in [-0.2, -0.15) is 13.2 Å². The Bertz CT molecular complexity index is 1340. The predicted molar refractivity (Wildman–Crippen MR) is 138 cm³/mol. The van der Waals surface area contributed by atoms with Crippen LogP contribution < -0.4 is 10.1 Å². The summed E-state index contributed by atoms with van der Waals surface area (Å²) in [6.07, 6.45) is -2.71. The van der Waals surface area contributed by atoms with Crippen LogP contribution in [0.2, 0.25) is 5.02 Å². The normalized spacial score (nSPS) is 15.6. The average molecular weight is 606 g/mol. The number of H-pyrrole nitrogens is 1. The molecule has 2 heterocycles. The number of aromatic amines is 1. The number of aryl methyl sites for hydroxylation is 1. The molecule has 0 amide bonds. The van der Waals surface area contributed by atoms with E-state index in [-0.39, 0.29) is 12.3 Å². The molecule has 0 fully saturated rings. The number of allylic oxidation sites excluding steroid dienone is 2. The van der Waals surface area contributed by atoms with Crippen LogP contribution in [-0.4, -0.2) is 49.1 Å². The number of unbranched alkanes of at least 4 members (excludes halogenated alkanes) is 3. The topological polar surface area (TPSA) is 103 Å². The summed E-state index contributed by atoms with van der Waals surface area (Å²) in [5.74, 6) is -5.30. The Morgan fingerprint density at radius 3 is 2.32 bits per heavy atom. The molecule has 0 bridgehead atoms. The smallest absolute Gasteiger partial charge is 0.418 e. The minimum absolute atomic E-state index is 0.112. The zero-order chi connectivity index (χ0) is 30.3. The van der Waals surface area contributed by atoms with Crippen LogP contribution in [0.4, 0.5) is 22.0 Å². The Morgan fingerprint density at radius 2 is 1.73 bits per heavy atom. The Morgan fingerprint density at radius 1 is 1.05 bits per heavy atom. The van der Waals surface area contributed by atoms with Crippen LogP contribution in [0.15, 0.2) is 40.7 Å². The lowest BCUT2D eigenvalue weighted by Crippen LogP contribution is -2.35. The van der Waals surface area contributed by atoms with Crippen molar-refractivity contribution in [1.82, 2.24) is 15.5 Å². The van der Waals surface area contributed by atoms with E-state index >= 15 is 4.39 Å². The van der Waals surface area contributed by atoms with Gasteiger partial charge in [0.1, 0.15) is 12.5 Å². The lowest BCUT2D eigenvalue weighted by atomic mass is 9.78. The molecule has 0 radical (unpaired) electrons. The molecule has 0 saturated heterocycles. The SMILES string of the molecule is COC(=O)C1=C(CF)NC(C)=C(C(=O)OCCCCCCOc2cc(C)[nH]n2)C1c1c(F)ccc(Cl)c1C(F)(F)F. The van der Waals surface area contributed by atoms with Gasteiger partial charge in [0.05, 0.1) is 53.7 Å². The summed E-state index contributed by atoms with van der Waals surface area (Å²) in [6.45, 7) is 2.10. The molecule has 14 heteroatoms. The monoisotopic (exact) mass is 605 g/mol. The summed E-state index contributed by atoms with van der Waals surface area (Å²) in [7, 11) is 0.922. The highest BCUT2D eigenvalue weighted by Gasteiger charge is 2.46. The minimum Gasteiger partial charge on any atom is -0.477 e. The molecular weight excluding hydrogens is 577 g/mol. The molecule has 1 atom stereocenters. The maximum absolute atomic E-state index is 15.2. The first kappa shape index (κ1) is 31.9. The molecule has 41 heavy (non-hydrogen) atoms. The van der Waals surface area contributed by atoms with Gasteiger partial charge in [0.15, 0.2) is 0 Å². The van der Waals surface area contributed by atoms with Gasteiger partial charge in [0, 0.05) is 23.0 Å². The Hall–Kier alpha value is -3.61. The quantitative estimate of drug-likeness (QED) is 0.172. The van der Waals surface area contributed by atoms with Crippen LogP contribution in [0.5, 0.6) is 5.88 Å². The van der Waals surface area contributed by atoms with E-state index in [0.29, 0.717) is 43.9 Å². The number of nitrogens with one attached hydrogen (secondary N) is 2. The number of dihydropyridines is 1. The van der Waals surface area contributed by atoms with Crippen molar-refractivity contribution in [1.29, 1.82) is 0 Å². The van der Waals surface area contributed by atoms with E-state index in [4.69, 9.17) is 21.1 Å². The maximum atomic E-state index is 15.2. The number of benzene rings is 1. The highest BCUT2D eigenvalue weighted by molar-refractivity contribution is 6.31. The fourth-order valence-corrected chi connectivity index (χ4v) is 4.77. The molecule has 1 aliphatic rings. The van der Waals surface area contributed by atoms with Crippen molar-refractivity contribution in [2.75, 3.05) is 27.0 Å². The van der Waals surface area contributed by atoms with Gasteiger partial charge in [0.2, 0.25) is 5.88 Å². The van der Waals surface area contributed by atoms with Gasteiger partial charge in [-0.05, 0) is 51.7 Å². The third kappa shape index (κ3) is 7.57. The summed E-state index contributed by atoms with van der Waals surface area (Å²) in [4.78, 5) is 26.0.